The topological polar surface area (TPSA) is 74.8 Å². The smallest absolute Gasteiger partial charge is 0.261 e. The lowest BCUT2D eigenvalue weighted by atomic mass is 10.1. The summed E-state index contributed by atoms with van der Waals surface area (Å²) in [6.07, 6.45) is 1.45. The van der Waals surface area contributed by atoms with E-state index in [0.29, 0.717) is 18.2 Å². The number of sulfonamides is 1. The molecular formula is C22H19F2N3O2S. The zero-order valence-electron chi connectivity index (χ0n) is 16.1. The fraction of sp³-hybridized carbons (Fsp3) is 0.136. The summed E-state index contributed by atoms with van der Waals surface area (Å²) in [4.78, 5) is 7.55. The zero-order chi connectivity index (χ0) is 21.3. The standard InChI is InChI=1S/C22H19F2N3O2S/c1-14-2-10-20-21(12-14)26-22(25-20)11-5-15-3-6-16(7-4-15)27-30(28,29)17-8-9-18(23)19(24)13-17/h2-4,6-10,12-13,27H,5,11H2,1H3,(H,25,26). The third-order valence-corrected chi connectivity index (χ3v) is 6.12. The van der Waals surface area contributed by atoms with Gasteiger partial charge in [-0.1, -0.05) is 18.2 Å². The Bertz CT molecular complexity index is 1320. The second-order valence-electron chi connectivity index (χ2n) is 7.08. The highest BCUT2D eigenvalue weighted by atomic mass is 32.2. The molecule has 0 radical (unpaired) electrons. The van der Waals surface area contributed by atoms with Crippen LogP contribution in [-0.4, -0.2) is 18.4 Å². The lowest BCUT2D eigenvalue weighted by Crippen LogP contribution is -2.13. The number of aryl methyl sites for hydroxylation is 3. The highest BCUT2D eigenvalue weighted by Crippen LogP contribution is 2.20. The van der Waals surface area contributed by atoms with Gasteiger partial charge in [-0.2, -0.15) is 0 Å². The number of halogens is 2. The van der Waals surface area contributed by atoms with Gasteiger partial charge in [0.25, 0.3) is 10.0 Å². The summed E-state index contributed by atoms with van der Waals surface area (Å²) < 4.78 is 53.5. The molecule has 8 heteroatoms. The van der Waals surface area contributed by atoms with Gasteiger partial charge in [0, 0.05) is 12.1 Å². The van der Waals surface area contributed by atoms with Crippen molar-refractivity contribution < 1.29 is 17.2 Å². The van der Waals surface area contributed by atoms with Crippen LogP contribution in [0.3, 0.4) is 0 Å². The molecule has 1 heterocycles. The molecule has 0 aliphatic heterocycles. The minimum Gasteiger partial charge on any atom is -0.342 e. The van der Waals surface area contributed by atoms with Gasteiger partial charge >= 0.3 is 0 Å². The average Bonchev–Trinajstić information content (AvgIpc) is 3.11. The summed E-state index contributed by atoms with van der Waals surface area (Å²) in [5.74, 6) is -1.43. The molecule has 0 spiro atoms. The van der Waals surface area contributed by atoms with Gasteiger partial charge in [0.05, 0.1) is 15.9 Å². The van der Waals surface area contributed by atoms with E-state index in [1.165, 1.54) is 5.56 Å². The Labute approximate surface area is 172 Å². The quantitative estimate of drug-likeness (QED) is 0.467. The van der Waals surface area contributed by atoms with Gasteiger partial charge in [0.1, 0.15) is 5.82 Å². The van der Waals surface area contributed by atoms with Crippen LogP contribution in [0, 0.1) is 18.6 Å². The number of anilines is 1. The van der Waals surface area contributed by atoms with Crippen LogP contribution in [0.15, 0.2) is 65.6 Å². The number of H-pyrrole nitrogens is 1. The molecule has 4 rings (SSSR count). The number of aromatic nitrogens is 2. The van der Waals surface area contributed by atoms with Gasteiger partial charge in [-0.25, -0.2) is 22.2 Å². The lowest BCUT2D eigenvalue weighted by molar-refractivity contribution is 0.504. The summed E-state index contributed by atoms with van der Waals surface area (Å²) in [7, 11) is -4.01. The number of hydrogen-bond donors (Lipinski definition) is 2. The molecule has 0 amide bonds. The van der Waals surface area contributed by atoms with E-state index in [9.17, 15) is 17.2 Å². The van der Waals surface area contributed by atoms with E-state index in [-0.39, 0.29) is 4.90 Å². The summed E-state index contributed by atoms with van der Waals surface area (Å²) >= 11 is 0. The first-order valence-electron chi connectivity index (χ1n) is 9.32. The van der Waals surface area contributed by atoms with Gasteiger partial charge in [-0.05, 0) is 66.9 Å². The molecule has 0 unspecified atom stereocenters. The van der Waals surface area contributed by atoms with Crippen molar-refractivity contribution in [1.29, 1.82) is 0 Å². The van der Waals surface area contributed by atoms with Crippen LogP contribution < -0.4 is 4.72 Å². The largest absolute Gasteiger partial charge is 0.342 e. The summed E-state index contributed by atoms with van der Waals surface area (Å²) in [5.41, 5.74) is 4.45. The lowest BCUT2D eigenvalue weighted by Gasteiger charge is -2.09. The predicted molar refractivity (Wildman–Crippen MR) is 112 cm³/mol. The number of benzene rings is 3. The molecule has 0 atom stereocenters. The van der Waals surface area contributed by atoms with E-state index in [0.717, 1.165) is 41.0 Å². The third kappa shape index (κ3) is 4.33. The molecule has 0 saturated carbocycles. The molecule has 154 valence electrons. The Hall–Kier alpha value is -3.26. The molecule has 2 N–H and O–H groups in total. The van der Waals surface area contributed by atoms with E-state index in [2.05, 4.69) is 20.8 Å². The molecule has 0 fully saturated rings. The van der Waals surface area contributed by atoms with Gasteiger partial charge in [-0.3, -0.25) is 4.72 Å². The number of fused-ring (bicyclic) bond motifs is 1. The minimum absolute atomic E-state index is 0.336. The van der Waals surface area contributed by atoms with Crippen molar-refractivity contribution in [2.24, 2.45) is 0 Å². The molecular weight excluding hydrogens is 408 g/mol. The molecule has 0 saturated heterocycles. The number of nitrogens with one attached hydrogen (secondary N) is 2. The Morgan fingerprint density at radius 1 is 0.933 bits per heavy atom. The summed E-state index contributed by atoms with van der Waals surface area (Å²) in [6.45, 7) is 2.03. The molecule has 1 aromatic heterocycles. The Morgan fingerprint density at radius 2 is 1.70 bits per heavy atom. The van der Waals surface area contributed by atoms with Gasteiger partial charge in [-0.15, -0.1) is 0 Å². The highest BCUT2D eigenvalue weighted by molar-refractivity contribution is 7.92. The fourth-order valence-corrected chi connectivity index (χ4v) is 4.23. The van der Waals surface area contributed by atoms with Crippen molar-refractivity contribution in [2.75, 3.05) is 4.72 Å². The first-order valence-corrected chi connectivity index (χ1v) is 10.8. The average molecular weight is 427 g/mol. The second-order valence-corrected chi connectivity index (χ2v) is 8.76. The zero-order valence-corrected chi connectivity index (χ0v) is 16.9. The summed E-state index contributed by atoms with van der Waals surface area (Å²) in [5, 5.41) is 0. The maximum absolute atomic E-state index is 13.3. The number of aromatic amines is 1. The fourth-order valence-electron chi connectivity index (χ4n) is 3.15. The Kier molecular flexibility index (Phi) is 5.26. The number of hydrogen-bond acceptors (Lipinski definition) is 3. The Morgan fingerprint density at radius 3 is 2.43 bits per heavy atom. The number of rotatable bonds is 6. The second kappa shape index (κ2) is 7.87. The van der Waals surface area contributed by atoms with Crippen LogP contribution in [0.2, 0.25) is 0 Å². The molecule has 0 aliphatic rings. The van der Waals surface area contributed by atoms with Crippen LogP contribution >= 0.6 is 0 Å². The molecule has 5 nitrogen and oxygen atoms in total. The predicted octanol–water partition coefficient (Wildman–Crippen LogP) is 4.74. The van der Waals surface area contributed by atoms with Crippen molar-refractivity contribution in [3.05, 3.63) is 89.2 Å². The normalized spacial score (nSPS) is 11.7. The molecule has 0 aliphatic carbocycles. The SMILES string of the molecule is Cc1ccc2nc(CCc3ccc(NS(=O)(=O)c4ccc(F)c(F)c4)cc3)[nH]c2c1. The van der Waals surface area contributed by atoms with E-state index >= 15 is 0 Å². The number of imidazole rings is 1. The Balaban J connectivity index is 1.42. The van der Waals surface area contributed by atoms with Crippen molar-refractivity contribution in [1.82, 2.24) is 9.97 Å². The third-order valence-electron chi connectivity index (χ3n) is 4.74. The molecule has 3 aromatic carbocycles. The van der Waals surface area contributed by atoms with Crippen LogP contribution in [0.4, 0.5) is 14.5 Å². The summed E-state index contributed by atoms with van der Waals surface area (Å²) in [6, 6.07) is 15.4. The van der Waals surface area contributed by atoms with Gasteiger partial charge < -0.3 is 4.98 Å². The van der Waals surface area contributed by atoms with Crippen molar-refractivity contribution in [2.45, 2.75) is 24.7 Å². The van der Waals surface area contributed by atoms with Crippen molar-refractivity contribution in [3.8, 4) is 0 Å². The van der Waals surface area contributed by atoms with Crippen molar-refractivity contribution >= 4 is 26.7 Å². The molecule has 30 heavy (non-hydrogen) atoms. The monoisotopic (exact) mass is 427 g/mol. The van der Waals surface area contributed by atoms with Crippen LogP contribution in [0.1, 0.15) is 17.0 Å². The van der Waals surface area contributed by atoms with E-state index in [1.807, 2.05) is 31.2 Å². The van der Waals surface area contributed by atoms with E-state index in [4.69, 9.17) is 0 Å². The molecule has 0 bridgehead atoms. The van der Waals surface area contributed by atoms with Gasteiger partial charge in [0.2, 0.25) is 0 Å². The van der Waals surface area contributed by atoms with Crippen LogP contribution in [0.5, 0.6) is 0 Å². The minimum atomic E-state index is -4.01. The van der Waals surface area contributed by atoms with Gasteiger partial charge in [0.15, 0.2) is 11.6 Å². The first kappa shape index (κ1) is 20.0. The first-order chi connectivity index (χ1) is 14.3. The van der Waals surface area contributed by atoms with Crippen LogP contribution in [0.25, 0.3) is 11.0 Å². The van der Waals surface area contributed by atoms with E-state index in [1.54, 1.807) is 12.1 Å². The maximum Gasteiger partial charge on any atom is 0.261 e. The van der Waals surface area contributed by atoms with Crippen molar-refractivity contribution in [3.63, 3.8) is 0 Å². The number of nitrogens with zero attached hydrogens (tertiary/aromatic N) is 1. The van der Waals surface area contributed by atoms with Crippen LogP contribution in [-0.2, 0) is 22.9 Å². The van der Waals surface area contributed by atoms with E-state index < -0.39 is 21.7 Å². The highest BCUT2D eigenvalue weighted by Gasteiger charge is 2.16. The maximum atomic E-state index is 13.3. The molecule has 4 aromatic rings.